The van der Waals surface area contributed by atoms with Crippen molar-refractivity contribution in [2.45, 2.75) is 0 Å². The molecular weight excluding hydrogens is 404 g/mol. The Morgan fingerprint density at radius 1 is 0.857 bits per heavy atom. The van der Waals surface area contributed by atoms with Gasteiger partial charge in [0.2, 0.25) is 0 Å². The van der Waals surface area contributed by atoms with Crippen molar-refractivity contribution in [2.24, 2.45) is 0 Å². The van der Waals surface area contributed by atoms with Crippen LogP contribution in [0.1, 0.15) is 20.7 Å². The average Bonchev–Trinajstić information content (AvgIpc) is 2.69. The number of hydrogen-bond acceptors (Lipinski definition) is 3. The number of Topliss-reactive ketones (excluding diaryl/α,β-unsaturated/α-hetero) is 1. The topological polar surface area (TPSA) is 55.4 Å². The molecule has 1 amide bonds. The molecule has 0 unspecified atom stereocenters. The lowest BCUT2D eigenvalue weighted by Gasteiger charge is -2.09. The summed E-state index contributed by atoms with van der Waals surface area (Å²) in [6, 6.07) is 16.4. The molecule has 7 heteroatoms. The lowest BCUT2D eigenvalue weighted by molar-refractivity contribution is 0.0921. The Bertz CT molecular complexity index is 1010. The lowest BCUT2D eigenvalue weighted by atomic mass is 10.1. The first-order chi connectivity index (χ1) is 13.4. The standard InChI is InChI=1S/C21H14Cl2FNO3/c22-18-10-3-14(11-19(18)23)21(27)25-16-6-8-17(9-7-16)28-12-20(26)13-1-4-15(24)5-2-13/h1-11H,12H2,(H,25,27). The summed E-state index contributed by atoms with van der Waals surface area (Å²) in [4.78, 5) is 24.3. The highest BCUT2D eigenvalue weighted by atomic mass is 35.5. The van der Waals surface area contributed by atoms with Gasteiger partial charge in [0.25, 0.3) is 5.91 Å². The van der Waals surface area contributed by atoms with Crippen LogP contribution in [0.4, 0.5) is 10.1 Å². The molecule has 1 N–H and O–H groups in total. The van der Waals surface area contributed by atoms with Gasteiger partial charge in [-0.2, -0.15) is 0 Å². The van der Waals surface area contributed by atoms with Gasteiger partial charge in [0.15, 0.2) is 12.4 Å². The van der Waals surface area contributed by atoms with Crippen LogP contribution in [0.25, 0.3) is 0 Å². The minimum Gasteiger partial charge on any atom is -0.485 e. The Kier molecular flexibility index (Phi) is 6.29. The van der Waals surface area contributed by atoms with Crippen LogP contribution >= 0.6 is 23.2 Å². The minimum absolute atomic E-state index is 0.180. The van der Waals surface area contributed by atoms with Gasteiger partial charge in [-0.3, -0.25) is 9.59 Å². The van der Waals surface area contributed by atoms with E-state index in [9.17, 15) is 14.0 Å². The Morgan fingerprint density at radius 3 is 2.14 bits per heavy atom. The summed E-state index contributed by atoms with van der Waals surface area (Å²) in [5.41, 5.74) is 1.29. The zero-order valence-electron chi connectivity index (χ0n) is 14.4. The normalized spacial score (nSPS) is 10.4. The van der Waals surface area contributed by atoms with Gasteiger partial charge in [-0.1, -0.05) is 23.2 Å². The zero-order chi connectivity index (χ0) is 20.1. The summed E-state index contributed by atoms with van der Waals surface area (Å²) < 4.78 is 18.3. The van der Waals surface area contributed by atoms with Crippen molar-refractivity contribution < 1.29 is 18.7 Å². The predicted molar refractivity (Wildman–Crippen MR) is 107 cm³/mol. The van der Waals surface area contributed by atoms with Crippen molar-refractivity contribution >= 4 is 40.6 Å². The fourth-order valence-corrected chi connectivity index (χ4v) is 2.64. The number of carbonyl (C=O) groups is 2. The van der Waals surface area contributed by atoms with E-state index in [1.54, 1.807) is 36.4 Å². The van der Waals surface area contributed by atoms with E-state index < -0.39 is 5.82 Å². The molecule has 0 aliphatic heterocycles. The van der Waals surface area contributed by atoms with Gasteiger partial charge in [-0.15, -0.1) is 0 Å². The number of rotatable bonds is 6. The van der Waals surface area contributed by atoms with Gasteiger partial charge >= 0.3 is 0 Å². The molecule has 0 bridgehead atoms. The van der Waals surface area contributed by atoms with Crippen LogP contribution in [0.5, 0.6) is 5.75 Å². The summed E-state index contributed by atoms with van der Waals surface area (Å²) in [5.74, 6) is -0.547. The highest BCUT2D eigenvalue weighted by Gasteiger charge is 2.10. The maximum atomic E-state index is 12.9. The summed E-state index contributed by atoms with van der Waals surface area (Å²) in [5, 5.41) is 3.39. The van der Waals surface area contributed by atoms with E-state index in [2.05, 4.69) is 5.32 Å². The summed E-state index contributed by atoms with van der Waals surface area (Å²) in [6.45, 7) is -0.180. The third kappa shape index (κ3) is 5.09. The maximum absolute atomic E-state index is 12.9. The molecule has 3 rings (SSSR count). The van der Waals surface area contributed by atoms with Crippen molar-refractivity contribution in [3.05, 3.63) is 93.7 Å². The first-order valence-corrected chi connectivity index (χ1v) is 8.96. The zero-order valence-corrected chi connectivity index (χ0v) is 15.9. The fourth-order valence-electron chi connectivity index (χ4n) is 2.34. The highest BCUT2D eigenvalue weighted by molar-refractivity contribution is 6.42. The van der Waals surface area contributed by atoms with Crippen LogP contribution in [0.15, 0.2) is 66.7 Å². The van der Waals surface area contributed by atoms with E-state index in [-0.39, 0.29) is 18.3 Å². The number of halogens is 3. The summed E-state index contributed by atoms with van der Waals surface area (Å²) >= 11 is 11.8. The van der Waals surface area contributed by atoms with E-state index >= 15 is 0 Å². The molecule has 0 atom stereocenters. The van der Waals surface area contributed by atoms with Crippen LogP contribution in [0.3, 0.4) is 0 Å². The van der Waals surface area contributed by atoms with Gasteiger partial charge < -0.3 is 10.1 Å². The molecule has 4 nitrogen and oxygen atoms in total. The third-order valence-corrected chi connectivity index (χ3v) is 4.57. The fraction of sp³-hybridized carbons (Fsp3) is 0.0476. The number of ether oxygens (including phenoxy) is 1. The average molecular weight is 418 g/mol. The first-order valence-electron chi connectivity index (χ1n) is 8.20. The van der Waals surface area contributed by atoms with Gasteiger partial charge in [0.05, 0.1) is 10.0 Å². The Labute approximate surface area is 170 Å². The van der Waals surface area contributed by atoms with Crippen molar-refractivity contribution in [1.82, 2.24) is 0 Å². The molecule has 0 saturated heterocycles. The van der Waals surface area contributed by atoms with E-state index in [0.717, 1.165) is 0 Å². The van der Waals surface area contributed by atoms with E-state index in [1.807, 2.05) is 0 Å². The van der Waals surface area contributed by atoms with Crippen LogP contribution < -0.4 is 10.1 Å². The second-order valence-electron chi connectivity index (χ2n) is 5.83. The van der Waals surface area contributed by atoms with Crippen LogP contribution in [-0.2, 0) is 0 Å². The number of carbonyl (C=O) groups excluding carboxylic acids is 2. The van der Waals surface area contributed by atoms with E-state index in [1.165, 1.54) is 30.3 Å². The molecule has 142 valence electrons. The number of benzene rings is 3. The number of hydrogen-bond donors (Lipinski definition) is 1. The van der Waals surface area contributed by atoms with Crippen molar-refractivity contribution in [3.63, 3.8) is 0 Å². The molecular formula is C21H14Cl2FNO3. The van der Waals surface area contributed by atoms with E-state index in [4.69, 9.17) is 27.9 Å². The van der Waals surface area contributed by atoms with Gasteiger partial charge in [-0.25, -0.2) is 4.39 Å². The van der Waals surface area contributed by atoms with Crippen LogP contribution in [0.2, 0.25) is 10.0 Å². The summed E-state index contributed by atoms with van der Waals surface area (Å²) in [6.07, 6.45) is 0. The molecule has 0 aromatic heterocycles. The van der Waals surface area contributed by atoms with Gasteiger partial charge in [0.1, 0.15) is 11.6 Å². The van der Waals surface area contributed by atoms with Crippen molar-refractivity contribution in [2.75, 3.05) is 11.9 Å². The lowest BCUT2D eigenvalue weighted by Crippen LogP contribution is -2.12. The SMILES string of the molecule is O=C(COc1ccc(NC(=O)c2ccc(Cl)c(Cl)c2)cc1)c1ccc(F)cc1. The maximum Gasteiger partial charge on any atom is 0.255 e. The van der Waals surface area contributed by atoms with Crippen LogP contribution in [-0.4, -0.2) is 18.3 Å². The number of nitrogens with one attached hydrogen (secondary N) is 1. The van der Waals surface area contributed by atoms with E-state index in [0.29, 0.717) is 32.6 Å². The van der Waals surface area contributed by atoms with Crippen molar-refractivity contribution in [1.29, 1.82) is 0 Å². The monoisotopic (exact) mass is 417 g/mol. The third-order valence-electron chi connectivity index (χ3n) is 3.83. The smallest absolute Gasteiger partial charge is 0.255 e. The molecule has 0 spiro atoms. The Hall–Kier alpha value is -2.89. The molecule has 0 radical (unpaired) electrons. The molecule has 3 aromatic rings. The number of anilines is 1. The van der Waals surface area contributed by atoms with Gasteiger partial charge in [0, 0.05) is 16.8 Å². The Morgan fingerprint density at radius 2 is 1.50 bits per heavy atom. The first kappa shape index (κ1) is 19.9. The molecule has 0 aliphatic rings. The number of ketones is 1. The largest absolute Gasteiger partial charge is 0.485 e. The summed E-state index contributed by atoms with van der Waals surface area (Å²) in [7, 11) is 0. The predicted octanol–water partition coefficient (Wildman–Crippen LogP) is 5.65. The Balaban J connectivity index is 1.57. The molecule has 0 fully saturated rings. The van der Waals surface area contributed by atoms with Crippen LogP contribution in [0, 0.1) is 5.82 Å². The molecule has 0 aliphatic carbocycles. The molecule has 28 heavy (non-hydrogen) atoms. The highest BCUT2D eigenvalue weighted by Crippen LogP contribution is 2.23. The second-order valence-corrected chi connectivity index (χ2v) is 6.64. The number of amides is 1. The minimum atomic E-state index is -0.407. The quantitative estimate of drug-likeness (QED) is 0.527. The second kappa shape index (κ2) is 8.87. The van der Waals surface area contributed by atoms with Gasteiger partial charge in [-0.05, 0) is 66.7 Å². The molecule has 0 heterocycles. The molecule has 3 aromatic carbocycles. The molecule has 0 saturated carbocycles. The van der Waals surface area contributed by atoms with Crippen molar-refractivity contribution in [3.8, 4) is 5.75 Å².